The fraction of sp³-hybridized carbons (Fsp3) is 0.793. The highest BCUT2D eigenvalue weighted by Crippen LogP contribution is 2.18. The smallest absolute Gasteiger partial charge is 0.306 e. The number of aliphatic hydroxyl groups excluding tert-OH is 2. The Balaban J connectivity index is 4.65. The van der Waals surface area contributed by atoms with E-state index >= 15 is 0 Å². The van der Waals surface area contributed by atoms with E-state index in [1.165, 1.54) is 141 Å². The van der Waals surface area contributed by atoms with Gasteiger partial charge in [0.2, 0.25) is 5.91 Å². The number of aliphatic hydroxyl groups is 2. The summed E-state index contributed by atoms with van der Waals surface area (Å²) in [7, 11) is 0. The lowest BCUT2D eigenvalue weighted by Crippen LogP contribution is -2.46. The van der Waals surface area contributed by atoms with Gasteiger partial charge in [0.05, 0.1) is 25.2 Å². The molecule has 0 fully saturated rings. The van der Waals surface area contributed by atoms with Gasteiger partial charge in [0.25, 0.3) is 0 Å². The van der Waals surface area contributed by atoms with E-state index in [1.54, 1.807) is 0 Å². The summed E-state index contributed by atoms with van der Waals surface area (Å²) in [6.45, 7) is 6.38. The van der Waals surface area contributed by atoms with Gasteiger partial charge in [-0.3, -0.25) is 9.59 Å². The van der Waals surface area contributed by atoms with Crippen molar-refractivity contribution < 1.29 is 24.5 Å². The lowest BCUT2D eigenvalue weighted by Gasteiger charge is -2.24. The molecule has 6 heteroatoms. The van der Waals surface area contributed by atoms with E-state index in [9.17, 15) is 19.8 Å². The molecule has 0 aromatic rings. The minimum Gasteiger partial charge on any atom is -0.462 e. The number of hydrogen-bond donors (Lipinski definition) is 3. The summed E-state index contributed by atoms with van der Waals surface area (Å²) in [5, 5.41) is 23.8. The zero-order valence-corrected chi connectivity index (χ0v) is 42.4. The maximum atomic E-state index is 13.2. The van der Waals surface area contributed by atoms with Crippen molar-refractivity contribution in [2.75, 3.05) is 6.61 Å². The average Bonchev–Trinajstić information content (AvgIpc) is 3.29. The van der Waals surface area contributed by atoms with Crippen molar-refractivity contribution in [3.63, 3.8) is 0 Å². The Morgan fingerprint density at radius 2 is 0.828 bits per heavy atom. The summed E-state index contributed by atoms with van der Waals surface area (Å²) in [6, 6.07) is -0.713. The maximum Gasteiger partial charge on any atom is 0.306 e. The molecule has 372 valence electrons. The molecule has 3 N–H and O–H groups in total. The lowest BCUT2D eigenvalue weighted by atomic mass is 10.0. The fourth-order valence-electron chi connectivity index (χ4n) is 8.23. The molecule has 64 heavy (non-hydrogen) atoms. The third-order valence-corrected chi connectivity index (χ3v) is 12.4. The molecular formula is C58H105NO5. The van der Waals surface area contributed by atoms with Gasteiger partial charge in [0.15, 0.2) is 0 Å². The summed E-state index contributed by atoms with van der Waals surface area (Å²) in [6.07, 6.45) is 64.3. The van der Waals surface area contributed by atoms with Crippen LogP contribution >= 0.6 is 0 Å². The van der Waals surface area contributed by atoms with Gasteiger partial charge >= 0.3 is 5.97 Å². The van der Waals surface area contributed by atoms with Gasteiger partial charge in [0.1, 0.15) is 6.10 Å². The van der Waals surface area contributed by atoms with Crippen molar-refractivity contribution >= 4 is 11.9 Å². The van der Waals surface area contributed by atoms with Crippen LogP contribution in [0.2, 0.25) is 0 Å². The van der Waals surface area contributed by atoms with Crippen molar-refractivity contribution in [1.82, 2.24) is 5.32 Å². The Morgan fingerprint density at radius 1 is 0.469 bits per heavy atom. The van der Waals surface area contributed by atoms with Crippen molar-refractivity contribution in [2.45, 2.75) is 289 Å². The van der Waals surface area contributed by atoms with Crippen LogP contribution < -0.4 is 5.32 Å². The van der Waals surface area contributed by atoms with Crippen LogP contribution in [-0.2, 0) is 14.3 Å². The molecule has 0 aromatic heterocycles. The second kappa shape index (κ2) is 51.5. The molecule has 0 rings (SSSR count). The number of rotatable bonds is 49. The van der Waals surface area contributed by atoms with Crippen molar-refractivity contribution in [1.29, 1.82) is 0 Å². The maximum absolute atomic E-state index is 13.2. The number of amides is 1. The number of allylic oxidation sites excluding steroid dienone is 10. The number of esters is 1. The topological polar surface area (TPSA) is 95.9 Å². The molecule has 0 saturated heterocycles. The number of hydrogen-bond acceptors (Lipinski definition) is 5. The van der Waals surface area contributed by atoms with E-state index in [0.717, 1.165) is 77.0 Å². The van der Waals surface area contributed by atoms with Crippen LogP contribution in [0.3, 0.4) is 0 Å². The Labute approximate surface area is 397 Å². The summed E-state index contributed by atoms with van der Waals surface area (Å²) in [4.78, 5) is 26.2. The second-order valence-electron chi connectivity index (χ2n) is 18.6. The molecule has 3 atom stereocenters. The first kappa shape index (κ1) is 61.6. The zero-order valence-electron chi connectivity index (χ0n) is 42.4. The predicted molar refractivity (Wildman–Crippen MR) is 278 cm³/mol. The number of ether oxygens (including phenoxy) is 1. The van der Waals surface area contributed by atoms with Crippen LogP contribution in [0.15, 0.2) is 60.8 Å². The number of nitrogens with one attached hydrogen (secondary N) is 1. The molecule has 0 saturated carbocycles. The van der Waals surface area contributed by atoms with E-state index in [2.05, 4.69) is 86.8 Å². The molecule has 0 heterocycles. The quantitative estimate of drug-likeness (QED) is 0.0321. The summed E-state index contributed by atoms with van der Waals surface area (Å²) >= 11 is 0. The highest BCUT2D eigenvalue weighted by atomic mass is 16.5. The Kier molecular flexibility index (Phi) is 49.6. The van der Waals surface area contributed by atoms with Crippen LogP contribution in [0.1, 0.15) is 271 Å². The largest absolute Gasteiger partial charge is 0.462 e. The summed E-state index contributed by atoms with van der Waals surface area (Å²) in [5.41, 5.74) is 0. The van der Waals surface area contributed by atoms with Gasteiger partial charge in [-0.2, -0.15) is 0 Å². The van der Waals surface area contributed by atoms with Gasteiger partial charge in [0, 0.05) is 6.42 Å². The lowest BCUT2D eigenvalue weighted by molar-refractivity contribution is -0.151. The van der Waals surface area contributed by atoms with Crippen LogP contribution in [0.4, 0.5) is 0 Å². The first-order chi connectivity index (χ1) is 31.5. The molecule has 6 nitrogen and oxygen atoms in total. The van der Waals surface area contributed by atoms with Crippen LogP contribution in [0.25, 0.3) is 0 Å². The third-order valence-electron chi connectivity index (χ3n) is 12.4. The predicted octanol–water partition coefficient (Wildman–Crippen LogP) is 16.8. The van der Waals surface area contributed by atoms with Crippen LogP contribution in [0, 0.1) is 0 Å². The van der Waals surface area contributed by atoms with Crippen LogP contribution in [-0.4, -0.2) is 46.9 Å². The molecule has 0 bridgehead atoms. The second-order valence-corrected chi connectivity index (χ2v) is 18.6. The molecule has 0 aliphatic heterocycles. The van der Waals surface area contributed by atoms with Crippen LogP contribution in [0.5, 0.6) is 0 Å². The molecule has 0 aliphatic carbocycles. The Hall–Kier alpha value is -2.44. The first-order valence-electron chi connectivity index (χ1n) is 27.5. The van der Waals surface area contributed by atoms with Gasteiger partial charge in [-0.1, -0.05) is 255 Å². The average molecular weight is 896 g/mol. The van der Waals surface area contributed by atoms with E-state index < -0.39 is 18.2 Å². The number of carbonyl (C=O) groups excluding carboxylic acids is 2. The molecule has 0 aromatic carbocycles. The zero-order chi connectivity index (χ0) is 46.7. The molecule has 0 aliphatic rings. The Morgan fingerprint density at radius 3 is 1.22 bits per heavy atom. The highest BCUT2D eigenvalue weighted by Gasteiger charge is 2.24. The number of carbonyl (C=O) groups is 2. The normalized spacial score (nSPS) is 13.6. The van der Waals surface area contributed by atoms with Gasteiger partial charge in [-0.15, -0.1) is 0 Å². The SMILES string of the molecule is CC/C=C\C/C=C\C/C=C\C/C=C\C/C=C\CCCC(=O)OC(CCCCCCCCCCCCCCCCC)CC(=O)NC(CO)C(O)CCCCCCCCCCCCCCC. The van der Waals surface area contributed by atoms with E-state index in [1.807, 2.05) is 0 Å². The van der Waals surface area contributed by atoms with Crippen molar-refractivity contribution in [3.05, 3.63) is 60.8 Å². The molecule has 1 amide bonds. The van der Waals surface area contributed by atoms with E-state index in [-0.39, 0.29) is 24.9 Å². The fourth-order valence-corrected chi connectivity index (χ4v) is 8.23. The minimum absolute atomic E-state index is 0.0566. The van der Waals surface area contributed by atoms with Gasteiger partial charge < -0.3 is 20.3 Å². The van der Waals surface area contributed by atoms with Gasteiger partial charge in [-0.25, -0.2) is 0 Å². The van der Waals surface area contributed by atoms with Crippen molar-refractivity contribution in [3.8, 4) is 0 Å². The van der Waals surface area contributed by atoms with E-state index in [4.69, 9.17) is 4.74 Å². The molecule has 0 radical (unpaired) electrons. The van der Waals surface area contributed by atoms with Crippen molar-refractivity contribution in [2.24, 2.45) is 0 Å². The first-order valence-corrected chi connectivity index (χ1v) is 27.5. The number of unbranched alkanes of at least 4 members (excludes halogenated alkanes) is 27. The summed E-state index contributed by atoms with van der Waals surface area (Å²) in [5.74, 6) is -0.534. The summed E-state index contributed by atoms with van der Waals surface area (Å²) < 4.78 is 5.92. The molecular weight excluding hydrogens is 791 g/mol. The molecule has 0 spiro atoms. The van der Waals surface area contributed by atoms with E-state index in [0.29, 0.717) is 25.7 Å². The highest BCUT2D eigenvalue weighted by molar-refractivity contribution is 5.77. The monoisotopic (exact) mass is 896 g/mol. The minimum atomic E-state index is -0.797. The third kappa shape index (κ3) is 46.1. The van der Waals surface area contributed by atoms with Gasteiger partial charge in [-0.05, 0) is 64.2 Å². The Bertz CT molecular complexity index is 1140. The standard InChI is InChI=1S/C58H105NO5/c1-4-7-10-13-16-19-22-25-27-28-30-33-36-39-42-45-48-51-58(63)64-54(49-46-43-40-37-34-32-29-26-23-20-17-14-11-8-5-2)52-57(62)59-55(53-60)56(61)50-47-44-41-38-35-31-24-21-18-15-12-9-6-3/h7,10,16,19,25,27,30,33,39,42,54-56,60-61H,4-6,8-9,11-15,17-18,20-24,26,28-29,31-32,34-38,40-41,43-53H2,1-3H3,(H,59,62)/b10-7-,19-16-,27-25-,33-30-,42-39-. The molecule has 3 unspecified atom stereocenters.